The molecule has 0 aliphatic rings. The summed E-state index contributed by atoms with van der Waals surface area (Å²) in [6.45, 7) is 0. The van der Waals surface area contributed by atoms with E-state index in [1.165, 1.54) is 31.4 Å². The van der Waals surface area contributed by atoms with Crippen LogP contribution in [0.3, 0.4) is 0 Å². The molecule has 142 valence electrons. The van der Waals surface area contributed by atoms with E-state index in [9.17, 15) is 18.4 Å². The molecule has 2 aromatic carbocycles. The van der Waals surface area contributed by atoms with Crippen molar-refractivity contribution in [3.8, 4) is 5.75 Å². The Morgan fingerprint density at radius 3 is 1.96 bits per heavy atom. The molecule has 0 saturated carbocycles. The van der Waals surface area contributed by atoms with Gasteiger partial charge in [-0.25, -0.2) is 13.8 Å². The summed E-state index contributed by atoms with van der Waals surface area (Å²) in [6.07, 6.45) is 0. The maximum absolute atomic E-state index is 13.3. The monoisotopic (exact) mass is 383 g/mol. The number of ether oxygens (including phenoxy) is 1. The number of benzene rings is 2. The molecule has 3 aromatic rings. The number of rotatable bonds is 5. The first kappa shape index (κ1) is 19.0. The van der Waals surface area contributed by atoms with E-state index in [4.69, 9.17) is 4.74 Å². The lowest BCUT2D eigenvalue weighted by atomic mass is 10.2. The van der Waals surface area contributed by atoms with Gasteiger partial charge in [-0.05, 0) is 48.5 Å². The maximum Gasteiger partial charge on any atom is 0.274 e. The molecule has 0 aliphatic heterocycles. The van der Waals surface area contributed by atoms with Gasteiger partial charge in [-0.1, -0.05) is 6.07 Å². The lowest BCUT2D eigenvalue weighted by Gasteiger charge is -2.08. The molecule has 8 heteroatoms. The van der Waals surface area contributed by atoms with E-state index in [0.29, 0.717) is 11.4 Å². The van der Waals surface area contributed by atoms with Crippen LogP contribution in [0.4, 0.5) is 20.2 Å². The Bertz CT molecular complexity index is 1020. The molecule has 0 aliphatic carbocycles. The van der Waals surface area contributed by atoms with Crippen LogP contribution in [0.25, 0.3) is 0 Å². The van der Waals surface area contributed by atoms with Crippen molar-refractivity contribution in [3.05, 3.63) is 83.7 Å². The Kier molecular flexibility index (Phi) is 5.59. The molecule has 1 aromatic heterocycles. The van der Waals surface area contributed by atoms with E-state index < -0.39 is 23.4 Å². The highest BCUT2D eigenvalue weighted by molar-refractivity contribution is 6.06. The lowest BCUT2D eigenvalue weighted by molar-refractivity contribution is 0.101. The van der Waals surface area contributed by atoms with Gasteiger partial charge in [-0.2, -0.15) is 0 Å². The molecule has 0 fully saturated rings. The van der Waals surface area contributed by atoms with Crippen LogP contribution in [0.15, 0.2) is 60.7 Å². The molecule has 0 atom stereocenters. The molecule has 0 bridgehead atoms. The molecule has 6 nitrogen and oxygen atoms in total. The van der Waals surface area contributed by atoms with Crippen LogP contribution < -0.4 is 15.4 Å². The summed E-state index contributed by atoms with van der Waals surface area (Å²) in [5, 5.41) is 5.06. The topological polar surface area (TPSA) is 80.3 Å². The number of aromatic nitrogens is 1. The van der Waals surface area contributed by atoms with Gasteiger partial charge in [0.25, 0.3) is 11.8 Å². The molecule has 3 rings (SSSR count). The normalized spacial score (nSPS) is 10.2. The molecular weight excluding hydrogens is 368 g/mol. The molecule has 0 spiro atoms. The number of nitrogens with one attached hydrogen (secondary N) is 2. The number of methoxy groups -OCH3 is 1. The standard InChI is InChI=1S/C20H15F2N3O3/c1-28-14-8-5-12(6-9-14)23-19(26)17-3-2-4-18(25-17)20(27)24-13-7-10-15(21)16(22)11-13/h2-11H,1H3,(H,23,26)(H,24,27). The first-order valence-electron chi connectivity index (χ1n) is 8.15. The van der Waals surface area contributed by atoms with E-state index in [0.717, 1.165) is 12.1 Å². The summed E-state index contributed by atoms with van der Waals surface area (Å²) in [7, 11) is 1.54. The zero-order chi connectivity index (χ0) is 20.1. The number of anilines is 2. The van der Waals surface area contributed by atoms with Crippen LogP contribution in [-0.2, 0) is 0 Å². The van der Waals surface area contributed by atoms with Crippen molar-refractivity contribution >= 4 is 23.2 Å². The fraction of sp³-hybridized carbons (Fsp3) is 0.0500. The van der Waals surface area contributed by atoms with Crippen LogP contribution in [0.1, 0.15) is 21.0 Å². The van der Waals surface area contributed by atoms with E-state index in [1.807, 2.05) is 0 Å². The number of pyridine rings is 1. The Morgan fingerprint density at radius 1 is 0.821 bits per heavy atom. The first-order valence-corrected chi connectivity index (χ1v) is 8.15. The fourth-order valence-electron chi connectivity index (χ4n) is 2.33. The van der Waals surface area contributed by atoms with Crippen LogP contribution in [-0.4, -0.2) is 23.9 Å². The second-order valence-electron chi connectivity index (χ2n) is 5.67. The Morgan fingerprint density at radius 2 is 1.39 bits per heavy atom. The molecule has 0 unspecified atom stereocenters. The third-order valence-corrected chi connectivity index (χ3v) is 3.74. The third-order valence-electron chi connectivity index (χ3n) is 3.74. The van der Waals surface area contributed by atoms with Crippen molar-refractivity contribution in [3.63, 3.8) is 0 Å². The molecule has 0 radical (unpaired) electrons. The van der Waals surface area contributed by atoms with Crippen molar-refractivity contribution < 1.29 is 23.1 Å². The van der Waals surface area contributed by atoms with Crippen molar-refractivity contribution in [2.75, 3.05) is 17.7 Å². The Labute approximate surface area is 159 Å². The number of hydrogen-bond acceptors (Lipinski definition) is 4. The van der Waals surface area contributed by atoms with Gasteiger partial charge in [0, 0.05) is 17.4 Å². The number of carbonyl (C=O) groups is 2. The van der Waals surface area contributed by atoms with Gasteiger partial charge in [0.15, 0.2) is 11.6 Å². The van der Waals surface area contributed by atoms with E-state index in [2.05, 4.69) is 15.6 Å². The minimum atomic E-state index is -1.08. The number of hydrogen-bond donors (Lipinski definition) is 2. The van der Waals surface area contributed by atoms with Crippen LogP contribution >= 0.6 is 0 Å². The van der Waals surface area contributed by atoms with Gasteiger partial charge in [0.1, 0.15) is 17.1 Å². The largest absolute Gasteiger partial charge is 0.497 e. The minimum Gasteiger partial charge on any atom is -0.497 e. The molecule has 2 amide bonds. The van der Waals surface area contributed by atoms with E-state index >= 15 is 0 Å². The highest BCUT2D eigenvalue weighted by Crippen LogP contribution is 2.16. The van der Waals surface area contributed by atoms with Crippen molar-refractivity contribution in [2.45, 2.75) is 0 Å². The summed E-state index contributed by atoms with van der Waals surface area (Å²) in [4.78, 5) is 28.7. The number of nitrogens with zero attached hydrogens (tertiary/aromatic N) is 1. The zero-order valence-corrected chi connectivity index (χ0v) is 14.7. The maximum atomic E-state index is 13.3. The number of amides is 2. The van der Waals surface area contributed by atoms with Gasteiger partial charge in [-0.3, -0.25) is 9.59 Å². The lowest BCUT2D eigenvalue weighted by Crippen LogP contribution is -2.18. The first-order chi connectivity index (χ1) is 13.5. The number of halogens is 2. The average Bonchev–Trinajstić information content (AvgIpc) is 2.71. The Hall–Kier alpha value is -3.81. The molecule has 0 saturated heterocycles. The summed E-state index contributed by atoms with van der Waals surface area (Å²) in [5.74, 6) is -2.63. The zero-order valence-electron chi connectivity index (χ0n) is 14.7. The number of carbonyl (C=O) groups excluding carboxylic acids is 2. The van der Waals surface area contributed by atoms with Gasteiger partial charge in [-0.15, -0.1) is 0 Å². The smallest absolute Gasteiger partial charge is 0.274 e. The second kappa shape index (κ2) is 8.26. The predicted molar refractivity (Wildman–Crippen MR) is 99.5 cm³/mol. The fourth-order valence-corrected chi connectivity index (χ4v) is 2.33. The Balaban J connectivity index is 1.72. The van der Waals surface area contributed by atoms with Gasteiger partial charge < -0.3 is 15.4 Å². The van der Waals surface area contributed by atoms with Gasteiger partial charge in [0.05, 0.1) is 7.11 Å². The highest BCUT2D eigenvalue weighted by Gasteiger charge is 2.14. The second-order valence-corrected chi connectivity index (χ2v) is 5.67. The predicted octanol–water partition coefficient (Wildman–Crippen LogP) is 3.87. The quantitative estimate of drug-likeness (QED) is 0.701. The van der Waals surface area contributed by atoms with E-state index in [-0.39, 0.29) is 17.1 Å². The molecule has 28 heavy (non-hydrogen) atoms. The van der Waals surface area contributed by atoms with Crippen LogP contribution in [0.5, 0.6) is 5.75 Å². The highest BCUT2D eigenvalue weighted by atomic mass is 19.2. The minimum absolute atomic E-state index is 0.0220. The van der Waals surface area contributed by atoms with E-state index in [1.54, 1.807) is 24.3 Å². The third kappa shape index (κ3) is 4.47. The van der Waals surface area contributed by atoms with Crippen molar-refractivity contribution in [1.29, 1.82) is 0 Å². The SMILES string of the molecule is COc1ccc(NC(=O)c2cccc(C(=O)Nc3ccc(F)c(F)c3)n2)cc1. The summed E-state index contributed by atoms with van der Waals surface area (Å²) in [6, 6.07) is 14.0. The van der Waals surface area contributed by atoms with Crippen molar-refractivity contribution in [1.82, 2.24) is 4.98 Å². The molecule has 2 N–H and O–H groups in total. The van der Waals surface area contributed by atoms with Gasteiger partial charge >= 0.3 is 0 Å². The molecule has 1 heterocycles. The summed E-state index contributed by atoms with van der Waals surface area (Å²) < 4.78 is 31.3. The molecular formula is C20H15F2N3O3. The van der Waals surface area contributed by atoms with Crippen LogP contribution in [0.2, 0.25) is 0 Å². The van der Waals surface area contributed by atoms with Crippen molar-refractivity contribution in [2.24, 2.45) is 0 Å². The summed E-state index contributed by atoms with van der Waals surface area (Å²) in [5.41, 5.74) is 0.573. The van der Waals surface area contributed by atoms with Crippen LogP contribution in [0, 0.1) is 11.6 Å². The average molecular weight is 383 g/mol. The summed E-state index contributed by atoms with van der Waals surface area (Å²) >= 11 is 0. The van der Waals surface area contributed by atoms with Gasteiger partial charge in [0.2, 0.25) is 0 Å².